The number of benzene rings is 2. The van der Waals surface area contributed by atoms with Crippen LogP contribution in [0.3, 0.4) is 0 Å². The summed E-state index contributed by atoms with van der Waals surface area (Å²) in [5, 5.41) is 0. The maximum atomic E-state index is 13.0. The van der Waals surface area contributed by atoms with Crippen LogP contribution in [0.5, 0.6) is 5.75 Å². The normalized spacial score (nSPS) is 26.2. The third-order valence-corrected chi connectivity index (χ3v) is 6.75. The number of rotatable bonds is 4. The summed E-state index contributed by atoms with van der Waals surface area (Å²) in [5.74, 6) is -0.948. The van der Waals surface area contributed by atoms with Gasteiger partial charge in [-0.1, -0.05) is 6.07 Å². The number of methoxy groups -OCH3 is 1. The largest absolute Gasteiger partial charge is 0.465 e. The predicted octanol–water partition coefficient (Wildman–Crippen LogP) is 3.23. The monoisotopic (exact) mass is 419 g/mol. The first kappa shape index (κ1) is 19.5. The molecule has 0 aromatic heterocycles. The maximum absolute atomic E-state index is 13.0. The van der Waals surface area contributed by atoms with Crippen molar-refractivity contribution in [3.8, 4) is 5.75 Å². The van der Waals surface area contributed by atoms with Gasteiger partial charge in [0.15, 0.2) is 0 Å². The lowest BCUT2D eigenvalue weighted by molar-refractivity contribution is -0.123. The van der Waals surface area contributed by atoms with E-state index in [0.29, 0.717) is 23.1 Å². The SMILES string of the molecule is COC(=O)c1ccc(OC(=O)c2cccc(N3C(=O)C4C5CCC(C5)C4C3=O)c2)cc1. The highest BCUT2D eigenvalue weighted by molar-refractivity contribution is 6.22. The molecular formula is C24H21NO6. The van der Waals surface area contributed by atoms with Gasteiger partial charge in [0.05, 0.1) is 35.8 Å². The lowest BCUT2D eigenvalue weighted by Gasteiger charge is -2.19. The standard InChI is InChI=1S/C24H21NO6/c1-30-23(28)13-7-9-18(10-8-13)31-24(29)16-3-2-4-17(12-16)25-21(26)19-14-5-6-15(11-14)20(19)22(25)27/h2-4,7-10,12,14-15,19-20H,5-6,11H2,1H3. The van der Waals surface area contributed by atoms with Crippen LogP contribution in [0.4, 0.5) is 5.69 Å². The number of nitrogens with zero attached hydrogens (tertiary/aromatic N) is 1. The number of ether oxygens (including phenoxy) is 2. The summed E-state index contributed by atoms with van der Waals surface area (Å²) in [4.78, 5) is 51.4. The van der Waals surface area contributed by atoms with Crippen LogP contribution in [0.15, 0.2) is 48.5 Å². The highest BCUT2D eigenvalue weighted by Gasteiger charge is 2.61. The van der Waals surface area contributed by atoms with Crippen LogP contribution < -0.4 is 9.64 Å². The molecule has 2 saturated carbocycles. The van der Waals surface area contributed by atoms with Gasteiger partial charge in [-0.05, 0) is 73.6 Å². The van der Waals surface area contributed by atoms with Crippen LogP contribution in [0.1, 0.15) is 40.0 Å². The van der Waals surface area contributed by atoms with Crippen molar-refractivity contribution in [2.45, 2.75) is 19.3 Å². The van der Waals surface area contributed by atoms with Crippen LogP contribution in [0.25, 0.3) is 0 Å². The van der Waals surface area contributed by atoms with E-state index in [1.54, 1.807) is 18.2 Å². The molecule has 0 radical (unpaired) electrons. The van der Waals surface area contributed by atoms with Gasteiger partial charge in [0.1, 0.15) is 5.75 Å². The molecular weight excluding hydrogens is 398 g/mol. The van der Waals surface area contributed by atoms with Crippen LogP contribution in [0.2, 0.25) is 0 Å². The molecule has 1 aliphatic heterocycles. The van der Waals surface area contributed by atoms with Gasteiger partial charge < -0.3 is 9.47 Å². The molecule has 7 heteroatoms. The summed E-state index contributed by atoms with van der Waals surface area (Å²) in [6.45, 7) is 0. The topological polar surface area (TPSA) is 90.0 Å². The number of hydrogen-bond donors (Lipinski definition) is 0. The van der Waals surface area contributed by atoms with E-state index >= 15 is 0 Å². The molecule has 3 aliphatic rings. The maximum Gasteiger partial charge on any atom is 0.343 e. The summed E-state index contributed by atoms with van der Waals surface area (Å²) < 4.78 is 10.0. The number of esters is 2. The molecule has 2 aromatic carbocycles. The zero-order valence-electron chi connectivity index (χ0n) is 16.9. The number of carbonyl (C=O) groups excluding carboxylic acids is 4. The second kappa shape index (κ2) is 7.34. The van der Waals surface area contributed by atoms with E-state index in [9.17, 15) is 19.2 Å². The lowest BCUT2D eigenvalue weighted by atomic mass is 9.81. The number of anilines is 1. The summed E-state index contributed by atoms with van der Waals surface area (Å²) >= 11 is 0. The summed E-state index contributed by atoms with van der Waals surface area (Å²) in [7, 11) is 1.29. The fraction of sp³-hybridized carbons (Fsp3) is 0.333. The minimum absolute atomic E-state index is 0.147. The Morgan fingerprint density at radius 3 is 2.13 bits per heavy atom. The Labute approximate surface area is 178 Å². The zero-order chi connectivity index (χ0) is 21.7. The number of imide groups is 1. The Morgan fingerprint density at radius 2 is 1.52 bits per heavy atom. The van der Waals surface area contributed by atoms with E-state index in [0.717, 1.165) is 19.3 Å². The van der Waals surface area contributed by atoms with Crippen LogP contribution in [-0.2, 0) is 14.3 Å². The molecule has 2 amide bonds. The van der Waals surface area contributed by atoms with Gasteiger partial charge in [-0.15, -0.1) is 0 Å². The molecule has 4 atom stereocenters. The Morgan fingerprint density at radius 1 is 0.871 bits per heavy atom. The molecule has 5 rings (SSSR count). The van der Waals surface area contributed by atoms with Crippen molar-refractivity contribution in [2.24, 2.45) is 23.7 Å². The lowest BCUT2D eigenvalue weighted by Crippen LogP contribution is -2.32. The predicted molar refractivity (Wildman–Crippen MR) is 109 cm³/mol. The van der Waals surface area contributed by atoms with Crippen molar-refractivity contribution in [3.63, 3.8) is 0 Å². The molecule has 31 heavy (non-hydrogen) atoms. The second-order valence-corrected chi connectivity index (χ2v) is 8.35. The Bertz CT molecular complexity index is 1060. The first-order valence-electron chi connectivity index (χ1n) is 10.4. The highest BCUT2D eigenvalue weighted by Crippen LogP contribution is 2.56. The highest BCUT2D eigenvalue weighted by atomic mass is 16.5. The summed E-state index contributed by atoms with van der Waals surface area (Å²) in [6.07, 6.45) is 3.00. The number of amides is 2. The van der Waals surface area contributed by atoms with E-state index in [2.05, 4.69) is 4.74 Å². The number of carbonyl (C=O) groups is 4. The average Bonchev–Trinajstić information content (AvgIpc) is 3.47. The molecule has 158 valence electrons. The van der Waals surface area contributed by atoms with Crippen molar-refractivity contribution in [2.75, 3.05) is 12.0 Å². The van der Waals surface area contributed by atoms with Gasteiger partial charge in [0.2, 0.25) is 11.8 Å². The molecule has 4 unspecified atom stereocenters. The first-order chi connectivity index (χ1) is 15.0. The van der Waals surface area contributed by atoms with E-state index in [4.69, 9.17) is 4.74 Å². The van der Waals surface area contributed by atoms with Crippen molar-refractivity contribution in [1.82, 2.24) is 0 Å². The smallest absolute Gasteiger partial charge is 0.343 e. The van der Waals surface area contributed by atoms with Gasteiger partial charge in [-0.3, -0.25) is 14.5 Å². The molecule has 0 N–H and O–H groups in total. The molecule has 3 fully saturated rings. The van der Waals surface area contributed by atoms with Crippen molar-refractivity contribution in [1.29, 1.82) is 0 Å². The third kappa shape index (κ3) is 3.12. The van der Waals surface area contributed by atoms with Crippen molar-refractivity contribution < 1.29 is 28.7 Å². The molecule has 2 bridgehead atoms. The third-order valence-electron chi connectivity index (χ3n) is 6.75. The molecule has 7 nitrogen and oxygen atoms in total. The van der Waals surface area contributed by atoms with E-state index in [-0.39, 0.29) is 35.0 Å². The number of hydrogen-bond acceptors (Lipinski definition) is 6. The van der Waals surface area contributed by atoms with Crippen molar-refractivity contribution in [3.05, 3.63) is 59.7 Å². The van der Waals surface area contributed by atoms with Gasteiger partial charge in [-0.2, -0.15) is 0 Å². The summed E-state index contributed by atoms with van der Waals surface area (Å²) in [6, 6.07) is 12.4. The minimum Gasteiger partial charge on any atom is -0.465 e. The van der Waals surface area contributed by atoms with Crippen molar-refractivity contribution >= 4 is 29.4 Å². The average molecular weight is 419 g/mol. The number of fused-ring (bicyclic) bond motifs is 5. The summed E-state index contributed by atoms with van der Waals surface area (Å²) in [5.41, 5.74) is 0.976. The Kier molecular flexibility index (Phi) is 4.61. The molecule has 1 saturated heterocycles. The van der Waals surface area contributed by atoms with E-state index < -0.39 is 11.9 Å². The molecule has 2 aliphatic carbocycles. The van der Waals surface area contributed by atoms with Gasteiger partial charge >= 0.3 is 11.9 Å². The quantitative estimate of drug-likeness (QED) is 0.429. The van der Waals surface area contributed by atoms with Gasteiger partial charge in [-0.25, -0.2) is 9.59 Å². The van der Waals surface area contributed by atoms with E-state index in [1.807, 2.05) is 0 Å². The molecule has 0 spiro atoms. The minimum atomic E-state index is -0.618. The van der Waals surface area contributed by atoms with Gasteiger partial charge in [0, 0.05) is 0 Å². The Balaban J connectivity index is 1.35. The fourth-order valence-electron chi connectivity index (χ4n) is 5.38. The van der Waals surface area contributed by atoms with E-state index in [1.165, 1.54) is 42.3 Å². The first-order valence-corrected chi connectivity index (χ1v) is 10.4. The zero-order valence-corrected chi connectivity index (χ0v) is 16.9. The van der Waals surface area contributed by atoms with Crippen LogP contribution >= 0.6 is 0 Å². The Hall–Kier alpha value is -3.48. The fourth-order valence-corrected chi connectivity index (χ4v) is 5.38. The van der Waals surface area contributed by atoms with Crippen LogP contribution in [-0.4, -0.2) is 30.9 Å². The molecule has 2 aromatic rings. The van der Waals surface area contributed by atoms with Gasteiger partial charge in [0.25, 0.3) is 0 Å². The van der Waals surface area contributed by atoms with Crippen LogP contribution in [0, 0.1) is 23.7 Å². The second-order valence-electron chi connectivity index (χ2n) is 8.35. The molecule has 1 heterocycles.